The number of hydrogen-bond donors (Lipinski definition) is 0. The molecule has 3 aromatic heterocycles. The second kappa shape index (κ2) is 10.4. The molecule has 0 radical (unpaired) electrons. The highest BCUT2D eigenvalue weighted by atomic mass is 32.1. The smallest absolute Gasteiger partial charge is 0.165 e. The van der Waals surface area contributed by atoms with Crippen LogP contribution >= 0.6 is 11.3 Å². The van der Waals surface area contributed by atoms with Crippen LogP contribution in [0.1, 0.15) is 0 Å². The summed E-state index contributed by atoms with van der Waals surface area (Å²) in [6.07, 6.45) is 0. The maximum absolute atomic E-state index is 5.65. The molecule has 0 N–H and O–H groups in total. The number of nitrogens with zero attached hydrogens (tertiary/aromatic N) is 3. The van der Waals surface area contributed by atoms with E-state index >= 15 is 0 Å². The van der Waals surface area contributed by atoms with Crippen molar-refractivity contribution in [3.8, 4) is 39.3 Å². The number of aromatic nitrogens is 3. The first kappa shape index (κ1) is 28.7. The molecule has 0 fully saturated rings. The lowest BCUT2D eigenvalue weighted by Gasteiger charge is -2.17. The van der Waals surface area contributed by atoms with Gasteiger partial charge in [-0.1, -0.05) is 133 Å². The highest BCUT2D eigenvalue weighted by Crippen LogP contribution is 2.54. The quantitative estimate of drug-likeness (QED) is 0.168. The Bertz CT molecular complexity index is 3630. The summed E-state index contributed by atoms with van der Waals surface area (Å²) in [5.41, 5.74) is 11.1. The summed E-state index contributed by atoms with van der Waals surface area (Å²) in [6, 6.07) is 59.8. The molecule has 0 spiro atoms. The molecule has 0 saturated carbocycles. The predicted molar refractivity (Wildman–Crippen MR) is 229 cm³/mol. The lowest BCUT2D eigenvalue weighted by atomic mass is 9.91. The van der Waals surface area contributed by atoms with E-state index in [1.165, 1.54) is 74.7 Å². The third-order valence-electron chi connectivity index (χ3n) is 11.7. The van der Waals surface area contributed by atoms with Crippen LogP contribution in [-0.4, -0.2) is 14.5 Å². The van der Waals surface area contributed by atoms with Gasteiger partial charge in [0.2, 0.25) is 0 Å². The van der Waals surface area contributed by atoms with Crippen molar-refractivity contribution in [2.24, 2.45) is 0 Å². The summed E-state index contributed by atoms with van der Waals surface area (Å²) in [5, 5.41) is 12.3. The van der Waals surface area contributed by atoms with E-state index in [0.717, 1.165) is 49.9 Å². The van der Waals surface area contributed by atoms with E-state index in [0.29, 0.717) is 0 Å². The molecule has 4 heteroatoms. The van der Waals surface area contributed by atoms with Gasteiger partial charge in [-0.25, -0.2) is 9.97 Å². The van der Waals surface area contributed by atoms with Crippen molar-refractivity contribution in [1.29, 1.82) is 0 Å². The van der Waals surface area contributed by atoms with E-state index in [2.05, 4.69) is 168 Å². The van der Waals surface area contributed by atoms with Crippen LogP contribution < -0.4 is 0 Å². The molecule has 0 bridgehead atoms. The Labute approximate surface area is 313 Å². The topological polar surface area (TPSA) is 30.7 Å². The normalized spacial score (nSPS) is 12.4. The van der Waals surface area contributed by atoms with Gasteiger partial charge in [-0.15, -0.1) is 11.3 Å². The van der Waals surface area contributed by atoms with Gasteiger partial charge in [-0.05, 0) is 74.0 Å². The molecule has 0 aliphatic heterocycles. The van der Waals surface area contributed by atoms with Gasteiger partial charge in [0.25, 0.3) is 0 Å². The van der Waals surface area contributed by atoms with Gasteiger partial charge in [0.15, 0.2) is 5.82 Å². The van der Waals surface area contributed by atoms with Gasteiger partial charge in [-0.3, -0.25) is 4.57 Å². The molecular formula is C50H27N3S. The van der Waals surface area contributed by atoms with E-state index in [4.69, 9.17) is 9.97 Å². The van der Waals surface area contributed by atoms with Crippen molar-refractivity contribution in [2.45, 2.75) is 0 Å². The maximum atomic E-state index is 5.65. The number of thiophene rings is 1. The molecular weight excluding hydrogens is 675 g/mol. The van der Waals surface area contributed by atoms with Crippen LogP contribution in [0.15, 0.2) is 164 Å². The molecule has 1 aliphatic carbocycles. The first-order valence-corrected chi connectivity index (χ1v) is 19.2. The lowest BCUT2D eigenvalue weighted by Crippen LogP contribution is -2.04. The van der Waals surface area contributed by atoms with Crippen LogP contribution in [0.2, 0.25) is 0 Å². The van der Waals surface area contributed by atoms with Crippen LogP contribution in [0.4, 0.5) is 0 Å². The van der Waals surface area contributed by atoms with Crippen molar-refractivity contribution < 1.29 is 0 Å². The Hall–Kier alpha value is -6.88. The van der Waals surface area contributed by atoms with Gasteiger partial charge in [0.05, 0.1) is 22.1 Å². The minimum absolute atomic E-state index is 0.838. The fourth-order valence-electron chi connectivity index (χ4n) is 9.36. The summed E-state index contributed by atoms with van der Waals surface area (Å²) in [7, 11) is 0. The second-order valence-electron chi connectivity index (χ2n) is 14.5. The van der Waals surface area contributed by atoms with Crippen molar-refractivity contribution in [3.63, 3.8) is 0 Å². The van der Waals surface area contributed by atoms with E-state index in [1.807, 2.05) is 11.3 Å². The highest BCUT2D eigenvalue weighted by molar-refractivity contribution is 7.26. The number of benzene rings is 9. The Morgan fingerprint density at radius 2 is 1.15 bits per heavy atom. The molecule has 0 saturated heterocycles. The number of hydrogen-bond acceptors (Lipinski definition) is 3. The fourth-order valence-corrected chi connectivity index (χ4v) is 10.5. The second-order valence-corrected chi connectivity index (χ2v) is 15.6. The molecule has 0 unspecified atom stereocenters. The Balaban J connectivity index is 1.28. The van der Waals surface area contributed by atoms with Crippen LogP contribution in [-0.2, 0) is 0 Å². The van der Waals surface area contributed by atoms with Gasteiger partial charge >= 0.3 is 0 Å². The van der Waals surface area contributed by atoms with Gasteiger partial charge < -0.3 is 0 Å². The van der Waals surface area contributed by atoms with Crippen molar-refractivity contribution >= 4 is 96.7 Å². The van der Waals surface area contributed by atoms with E-state index in [9.17, 15) is 0 Å². The zero-order chi connectivity index (χ0) is 35.1. The standard InChI is InChI=1S/C50H27N3S/c1-2-12-31-26-32(21-20-28(31)10-1)48-50(51-38-24-22-29-11-3-4-14-33(29)49(38)52-48)53-39-25-23-30-13-9-18-35-34-15-5-6-16-36(34)45-44-37-17-7-8-19-41(37)54-42(44)27-40(53)47(45)46(39)43(30)35/h1-27H. The SMILES string of the molecule is c1ccc2c(c1)-c1cccc3ccc4c(c13)c1c-2c2c(cc1n4-c1nc3ccc4ccccc4c3nc1-c1ccc3ccccc3c1)sc1ccccc12. The summed E-state index contributed by atoms with van der Waals surface area (Å²) in [6.45, 7) is 0. The number of rotatable bonds is 2. The summed E-state index contributed by atoms with van der Waals surface area (Å²) in [4.78, 5) is 11.3. The Kier molecular flexibility index (Phi) is 5.51. The third kappa shape index (κ3) is 3.70. The monoisotopic (exact) mass is 701 g/mol. The van der Waals surface area contributed by atoms with Crippen molar-refractivity contribution in [3.05, 3.63) is 164 Å². The van der Waals surface area contributed by atoms with Crippen molar-refractivity contribution in [2.75, 3.05) is 0 Å². The largest absolute Gasteiger partial charge is 0.292 e. The Morgan fingerprint density at radius 1 is 0.426 bits per heavy atom. The highest BCUT2D eigenvalue weighted by Gasteiger charge is 2.29. The maximum Gasteiger partial charge on any atom is 0.165 e. The Morgan fingerprint density at radius 3 is 2.07 bits per heavy atom. The molecule has 9 aromatic carbocycles. The molecule has 13 rings (SSSR count). The minimum atomic E-state index is 0.838. The van der Waals surface area contributed by atoms with Gasteiger partial charge in [0, 0.05) is 47.5 Å². The molecule has 1 aliphatic rings. The zero-order valence-electron chi connectivity index (χ0n) is 28.8. The van der Waals surface area contributed by atoms with E-state index < -0.39 is 0 Å². The molecule has 248 valence electrons. The van der Waals surface area contributed by atoms with Crippen LogP contribution in [0, 0.1) is 0 Å². The molecule has 12 aromatic rings. The van der Waals surface area contributed by atoms with Gasteiger partial charge in [0.1, 0.15) is 5.69 Å². The predicted octanol–water partition coefficient (Wildman–Crippen LogP) is 13.9. The first-order chi connectivity index (χ1) is 26.8. The summed E-state index contributed by atoms with van der Waals surface area (Å²) in [5.74, 6) is 0.838. The third-order valence-corrected chi connectivity index (χ3v) is 12.8. The number of fused-ring (bicyclic) bond motifs is 11. The van der Waals surface area contributed by atoms with E-state index in [1.54, 1.807) is 0 Å². The van der Waals surface area contributed by atoms with Crippen LogP contribution in [0.25, 0.3) is 125 Å². The molecule has 3 nitrogen and oxygen atoms in total. The van der Waals surface area contributed by atoms with Gasteiger partial charge in [-0.2, -0.15) is 0 Å². The van der Waals surface area contributed by atoms with Crippen molar-refractivity contribution in [1.82, 2.24) is 14.5 Å². The van der Waals surface area contributed by atoms with Crippen LogP contribution in [0.5, 0.6) is 0 Å². The van der Waals surface area contributed by atoms with Crippen LogP contribution in [0.3, 0.4) is 0 Å². The fraction of sp³-hybridized carbons (Fsp3) is 0. The lowest BCUT2D eigenvalue weighted by molar-refractivity contribution is 1.08. The molecule has 54 heavy (non-hydrogen) atoms. The average molecular weight is 702 g/mol. The van der Waals surface area contributed by atoms with E-state index in [-0.39, 0.29) is 0 Å². The molecule has 3 heterocycles. The summed E-state index contributed by atoms with van der Waals surface area (Å²) >= 11 is 1.87. The molecule has 0 atom stereocenters. The first-order valence-electron chi connectivity index (χ1n) is 18.4. The summed E-state index contributed by atoms with van der Waals surface area (Å²) < 4.78 is 4.99. The average Bonchev–Trinajstić information content (AvgIpc) is 3.73. The molecule has 0 amide bonds. The zero-order valence-corrected chi connectivity index (χ0v) is 29.7. The minimum Gasteiger partial charge on any atom is -0.292 e.